The number of thiophene rings is 1. The Kier molecular flexibility index (Phi) is 7.33. The average Bonchev–Trinajstić information content (AvgIpc) is 3.73. The summed E-state index contributed by atoms with van der Waals surface area (Å²) >= 11 is 1.87. The first-order valence-corrected chi connectivity index (χ1v) is 18.4. The van der Waals surface area contributed by atoms with E-state index in [-0.39, 0.29) is 0 Å². The highest BCUT2D eigenvalue weighted by Gasteiger charge is 2.20. The van der Waals surface area contributed by atoms with E-state index in [0.717, 1.165) is 39.8 Å². The van der Waals surface area contributed by atoms with Crippen molar-refractivity contribution in [3.8, 4) is 5.69 Å². The van der Waals surface area contributed by atoms with Crippen LogP contribution in [0.25, 0.3) is 47.7 Å². The summed E-state index contributed by atoms with van der Waals surface area (Å²) in [6.07, 6.45) is 0. The molecule has 246 valence electrons. The van der Waals surface area contributed by atoms with Crippen LogP contribution in [0.2, 0.25) is 0 Å². The third kappa shape index (κ3) is 5.12. The van der Waals surface area contributed by atoms with Crippen LogP contribution in [0.15, 0.2) is 200 Å². The molecule has 4 heteroatoms. The first kappa shape index (κ1) is 30.2. The number of hydrogen-bond acceptors (Lipinski definition) is 3. The Morgan fingerprint density at radius 2 is 0.808 bits per heavy atom. The van der Waals surface area contributed by atoms with Gasteiger partial charge >= 0.3 is 0 Å². The van der Waals surface area contributed by atoms with Crippen molar-refractivity contribution >= 4 is 87.4 Å². The standard InChI is InChI=1S/C48H33N3S/c1-5-16-34(17-6-1)49(35-18-7-2-8-19-35)38-24-15-25-39(30-38)51-45-29-28-40(50(36-20-9-3-10-21-36)37-22-11-4-12-23-37)31-42(45)43-33-48-44(32-46(43)51)41-26-13-14-27-47(41)52-48/h1-33H. The molecule has 0 saturated carbocycles. The van der Waals surface area contributed by atoms with Crippen LogP contribution in [0.1, 0.15) is 0 Å². The van der Waals surface area contributed by atoms with Gasteiger partial charge in [-0.3, -0.25) is 0 Å². The molecule has 0 saturated heterocycles. The molecule has 2 heterocycles. The van der Waals surface area contributed by atoms with Crippen molar-refractivity contribution in [1.29, 1.82) is 0 Å². The number of anilines is 6. The van der Waals surface area contributed by atoms with E-state index in [2.05, 4.69) is 215 Å². The minimum Gasteiger partial charge on any atom is -0.310 e. The van der Waals surface area contributed by atoms with E-state index in [4.69, 9.17) is 0 Å². The number of hydrogen-bond donors (Lipinski definition) is 0. The Bertz CT molecular complexity index is 2760. The summed E-state index contributed by atoms with van der Waals surface area (Å²) in [5, 5.41) is 5.05. The van der Waals surface area contributed by atoms with Gasteiger partial charge in [-0.1, -0.05) is 97.1 Å². The van der Waals surface area contributed by atoms with E-state index < -0.39 is 0 Å². The lowest BCUT2D eigenvalue weighted by Gasteiger charge is -2.26. The van der Waals surface area contributed by atoms with Crippen LogP contribution in [0, 0.1) is 0 Å². The molecule has 3 nitrogen and oxygen atoms in total. The predicted octanol–water partition coefficient (Wildman–Crippen LogP) is 14.1. The minimum atomic E-state index is 1.10. The molecule has 0 atom stereocenters. The Morgan fingerprint density at radius 3 is 1.40 bits per heavy atom. The molecule has 10 rings (SSSR count). The Morgan fingerprint density at radius 1 is 0.308 bits per heavy atom. The lowest BCUT2D eigenvalue weighted by molar-refractivity contribution is 1.17. The minimum absolute atomic E-state index is 1.10. The maximum absolute atomic E-state index is 2.45. The molecule has 0 fully saturated rings. The second kappa shape index (κ2) is 12.6. The molecule has 52 heavy (non-hydrogen) atoms. The first-order valence-electron chi connectivity index (χ1n) is 17.6. The van der Waals surface area contributed by atoms with Gasteiger partial charge in [-0.15, -0.1) is 11.3 Å². The van der Waals surface area contributed by atoms with Crippen molar-refractivity contribution < 1.29 is 0 Å². The topological polar surface area (TPSA) is 11.4 Å². The molecule has 8 aromatic carbocycles. The molecular formula is C48H33N3S. The van der Waals surface area contributed by atoms with Gasteiger partial charge < -0.3 is 14.4 Å². The molecule has 0 spiro atoms. The lowest BCUT2D eigenvalue weighted by Crippen LogP contribution is -2.10. The number of rotatable bonds is 7. The molecule has 0 N–H and O–H groups in total. The highest BCUT2D eigenvalue weighted by molar-refractivity contribution is 7.25. The fourth-order valence-electron chi connectivity index (χ4n) is 7.62. The Balaban J connectivity index is 1.23. The third-order valence-electron chi connectivity index (χ3n) is 9.91. The predicted molar refractivity (Wildman–Crippen MR) is 223 cm³/mol. The van der Waals surface area contributed by atoms with E-state index in [1.54, 1.807) is 0 Å². The summed E-state index contributed by atoms with van der Waals surface area (Å²) in [5.41, 5.74) is 10.2. The van der Waals surface area contributed by atoms with Crippen LogP contribution in [-0.4, -0.2) is 4.57 Å². The first-order chi connectivity index (χ1) is 25.8. The van der Waals surface area contributed by atoms with Gasteiger partial charge in [0.1, 0.15) is 0 Å². The summed E-state index contributed by atoms with van der Waals surface area (Å²) in [7, 11) is 0. The number of para-hydroxylation sites is 4. The zero-order valence-corrected chi connectivity index (χ0v) is 29.1. The summed E-state index contributed by atoms with van der Waals surface area (Å²) in [6.45, 7) is 0. The number of aromatic nitrogens is 1. The quantitative estimate of drug-likeness (QED) is 0.166. The van der Waals surface area contributed by atoms with Crippen molar-refractivity contribution in [3.63, 3.8) is 0 Å². The molecular weight excluding hydrogens is 651 g/mol. The molecule has 0 aliphatic heterocycles. The maximum Gasteiger partial charge on any atom is 0.0548 e. The molecule has 10 aromatic rings. The van der Waals surface area contributed by atoms with Gasteiger partial charge in [-0.2, -0.15) is 0 Å². The van der Waals surface area contributed by atoms with Crippen LogP contribution >= 0.6 is 11.3 Å². The van der Waals surface area contributed by atoms with E-state index >= 15 is 0 Å². The SMILES string of the molecule is c1ccc(N(c2ccccc2)c2cccc(-n3c4ccc(N(c5ccccc5)c5ccccc5)cc4c4cc5sc6ccccc6c5cc43)c2)cc1. The molecule has 0 unspecified atom stereocenters. The highest BCUT2D eigenvalue weighted by Crippen LogP contribution is 2.44. The normalized spacial score (nSPS) is 11.5. The average molecular weight is 684 g/mol. The molecule has 0 amide bonds. The van der Waals surface area contributed by atoms with Crippen LogP contribution in [0.3, 0.4) is 0 Å². The van der Waals surface area contributed by atoms with E-state index in [9.17, 15) is 0 Å². The van der Waals surface area contributed by atoms with Gasteiger partial charge in [0.05, 0.1) is 11.0 Å². The van der Waals surface area contributed by atoms with Gasteiger partial charge in [0.25, 0.3) is 0 Å². The second-order valence-electron chi connectivity index (χ2n) is 13.0. The van der Waals surface area contributed by atoms with Crippen molar-refractivity contribution in [3.05, 3.63) is 200 Å². The van der Waals surface area contributed by atoms with E-state index in [1.165, 1.54) is 42.0 Å². The Labute approximate surface area is 306 Å². The van der Waals surface area contributed by atoms with Crippen LogP contribution in [0.4, 0.5) is 34.1 Å². The van der Waals surface area contributed by atoms with E-state index in [1.807, 2.05) is 11.3 Å². The van der Waals surface area contributed by atoms with Gasteiger partial charge in [0.15, 0.2) is 0 Å². The monoisotopic (exact) mass is 683 g/mol. The van der Waals surface area contributed by atoms with Crippen molar-refractivity contribution in [1.82, 2.24) is 4.57 Å². The second-order valence-corrected chi connectivity index (χ2v) is 14.1. The summed E-state index contributed by atoms with van der Waals surface area (Å²) in [6, 6.07) is 72.0. The van der Waals surface area contributed by atoms with Crippen LogP contribution in [0.5, 0.6) is 0 Å². The number of benzene rings is 8. The fourth-order valence-corrected chi connectivity index (χ4v) is 8.74. The Hall–Kier alpha value is -6.62. The molecule has 0 radical (unpaired) electrons. The molecule has 0 aliphatic carbocycles. The van der Waals surface area contributed by atoms with Crippen molar-refractivity contribution in [2.75, 3.05) is 9.80 Å². The molecule has 0 aliphatic rings. The summed E-state index contributed by atoms with van der Waals surface area (Å²) in [5.74, 6) is 0. The summed E-state index contributed by atoms with van der Waals surface area (Å²) in [4.78, 5) is 4.68. The van der Waals surface area contributed by atoms with Crippen LogP contribution in [-0.2, 0) is 0 Å². The number of fused-ring (bicyclic) bond motifs is 6. The fraction of sp³-hybridized carbons (Fsp3) is 0. The van der Waals surface area contributed by atoms with Gasteiger partial charge in [-0.05, 0) is 103 Å². The summed E-state index contributed by atoms with van der Waals surface area (Å²) < 4.78 is 5.06. The largest absolute Gasteiger partial charge is 0.310 e. The van der Waals surface area contributed by atoms with E-state index in [0.29, 0.717) is 0 Å². The zero-order chi connectivity index (χ0) is 34.4. The van der Waals surface area contributed by atoms with Gasteiger partial charge in [0, 0.05) is 70.8 Å². The molecule has 2 aromatic heterocycles. The zero-order valence-electron chi connectivity index (χ0n) is 28.3. The number of nitrogens with zero attached hydrogens (tertiary/aromatic N) is 3. The van der Waals surface area contributed by atoms with Crippen molar-refractivity contribution in [2.45, 2.75) is 0 Å². The van der Waals surface area contributed by atoms with Crippen LogP contribution < -0.4 is 9.80 Å². The van der Waals surface area contributed by atoms with Gasteiger partial charge in [-0.25, -0.2) is 0 Å². The maximum atomic E-state index is 2.45. The smallest absolute Gasteiger partial charge is 0.0548 e. The van der Waals surface area contributed by atoms with Gasteiger partial charge in [0.2, 0.25) is 0 Å². The molecule has 0 bridgehead atoms. The lowest BCUT2D eigenvalue weighted by atomic mass is 10.1. The van der Waals surface area contributed by atoms with Crippen molar-refractivity contribution in [2.24, 2.45) is 0 Å². The third-order valence-corrected chi connectivity index (χ3v) is 11.0. The highest BCUT2D eigenvalue weighted by atomic mass is 32.1.